The third kappa shape index (κ3) is 2.01. The maximum absolute atomic E-state index is 11.7. The molecule has 2 heterocycles. The highest BCUT2D eigenvalue weighted by Gasteiger charge is 2.09. The van der Waals surface area contributed by atoms with Crippen molar-refractivity contribution in [3.05, 3.63) is 33.5 Å². The van der Waals surface area contributed by atoms with E-state index in [-0.39, 0.29) is 22.5 Å². The van der Waals surface area contributed by atoms with Crippen LogP contribution < -0.4 is 11.2 Å². The van der Waals surface area contributed by atoms with E-state index < -0.39 is 0 Å². The van der Waals surface area contributed by atoms with Gasteiger partial charge in [0.05, 0.1) is 5.56 Å². The number of aromatic amines is 1. The average Bonchev–Trinajstić information content (AvgIpc) is 2.15. The predicted molar refractivity (Wildman–Crippen MR) is 60.0 cm³/mol. The summed E-state index contributed by atoms with van der Waals surface area (Å²) in [6.45, 7) is 1.78. The first-order valence-electron chi connectivity index (χ1n) is 4.43. The highest BCUT2D eigenvalue weighted by atomic mass is 35.5. The Morgan fingerprint density at radius 1 is 1.38 bits per heavy atom. The molecule has 0 radical (unpaired) electrons. The van der Waals surface area contributed by atoms with Crippen LogP contribution in [0.4, 0.5) is 5.95 Å². The van der Waals surface area contributed by atoms with Crippen molar-refractivity contribution in [3.63, 3.8) is 0 Å². The van der Waals surface area contributed by atoms with Crippen molar-refractivity contribution in [2.45, 2.75) is 6.92 Å². The quantitative estimate of drug-likeness (QED) is 0.764. The van der Waals surface area contributed by atoms with Crippen LogP contribution in [0.1, 0.15) is 5.69 Å². The highest BCUT2D eigenvalue weighted by molar-refractivity contribution is 6.28. The van der Waals surface area contributed by atoms with Gasteiger partial charge in [-0.1, -0.05) is 0 Å². The summed E-state index contributed by atoms with van der Waals surface area (Å²) >= 11 is 5.63. The third-order valence-electron chi connectivity index (χ3n) is 1.92. The van der Waals surface area contributed by atoms with Gasteiger partial charge in [-0.3, -0.25) is 4.79 Å². The number of hydrogen-bond donors (Lipinski definition) is 2. The molecule has 0 atom stereocenters. The van der Waals surface area contributed by atoms with E-state index in [1.54, 1.807) is 6.92 Å². The number of aryl methyl sites for hydroxylation is 1. The second kappa shape index (κ2) is 3.90. The Morgan fingerprint density at radius 3 is 2.75 bits per heavy atom. The number of nitrogens with one attached hydrogen (secondary N) is 1. The summed E-state index contributed by atoms with van der Waals surface area (Å²) in [6.07, 6.45) is 1.52. The summed E-state index contributed by atoms with van der Waals surface area (Å²) < 4.78 is 0. The maximum atomic E-state index is 11.7. The molecule has 0 fully saturated rings. The Hall–Kier alpha value is -1.95. The van der Waals surface area contributed by atoms with Crippen LogP contribution in [0.2, 0.25) is 5.28 Å². The second-order valence-corrected chi connectivity index (χ2v) is 3.52. The van der Waals surface area contributed by atoms with Gasteiger partial charge in [0.2, 0.25) is 11.2 Å². The zero-order valence-electron chi connectivity index (χ0n) is 8.36. The number of aromatic nitrogens is 4. The normalized spacial score (nSPS) is 10.4. The smallest absolute Gasteiger partial charge is 0.227 e. The van der Waals surface area contributed by atoms with Crippen molar-refractivity contribution in [2.24, 2.45) is 0 Å². The van der Waals surface area contributed by atoms with E-state index in [9.17, 15) is 4.79 Å². The molecule has 0 bridgehead atoms. The minimum Gasteiger partial charge on any atom is -0.368 e. The Bertz CT molecular complexity index is 574. The van der Waals surface area contributed by atoms with Crippen LogP contribution in [0.15, 0.2) is 17.1 Å². The Labute approximate surface area is 95.5 Å². The van der Waals surface area contributed by atoms with Crippen LogP contribution in [0.5, 0.6) is 0 Å². The fraction of sp³-hybridized carbons (Fsp3) is 0.111. The lowest BCUT2D eigenvalue weighted by Gasteiger charge is -2.01. The van der Waals surface area contributed by atoms with Crippen LogP contribution in [-0.2, 0) is 0 Å². The number of nitrogen functional groups attached to an aromatic ring is 1. The molecular formula is C9H8ClN5O. The zero-order valence-corrected chi connectivity index (χ0v) is 9.12. The van der Waals surface area contributed by atoms with E-state index in [2.05, 4.69) is 19.9 Å². The van der Waals surface area contributed by atoms with Crippen LogP contribution >= 0.6 is 11.6 Å². The first kappa shape index (κ1) is 10.6. The summed E-state index contributed by atoms with van der Waals surface area (Å²) in [5.41, 5.74) is 6.28. The molecule has 7 heteroatoms. The Kier molecular flexibility index (Phi) is 2.57. The Morgan fingerprint density at radius 2 is 2.12 bits per heavy atom. The van der Waals surface area contributed by atoms with Crippen LogP contribution in [-0.4, -0.2) is 19.9 Å². The molecule has 2 aromatic heterocycles. The molecule has 0 saturated carbocycles. The van der Waals surface area contributed by atoms with Gasteiger partial charge < -0.3 is 10.7 Å². The van der Waals surface area contributed by atoms with E-state index in [0.29, 0.717) is 5.56 Å². The van der Waals surface area contributed by atoms with Crippen molar-refractivity contribution in [1.29, 1.82) is 0 Å². The summed E-state index contributed by atoms with van der Waals surface area (Å²) in [4.78, 5) is 25.9. The SMILES string of the molecule is Cc1cc(=O)c(-c2nc(N)nc(Cl)n2)c[nH]1. The fourth-order valence-corrected chi connectivity index (χ4v) is 1.40. The Balaban J connectivity index is 2.63. The predicted octanol–water partition coefficient (Wildman–Crippen LogP) is 0.771. The molecule has 3 N–H and O–H groups in total. The van der Waals surface area contributed by atoms with Crippen LogP contribution in [0, 0.1) is 6.92 Å². The minimum absolute atomic E-state index is 0.0185. The lowest BCUT2D eigenvalue weighted by molar-refractivity contribution is 1.06. The van der Waals surface area contributed by atoms with Crippen molar-refractivity contribution in [1.82, 2.24) is 19.9 Å². The van der Waals surface area contributed by atoms with Gasteiger partial charge in [-0.25, -0.2) is 0 Å². The lowest BCUT2D eigenvalue weighted by atomic mass is 10.2. The van der Waals surface area contributed by atoms with Gasteiger partial charge in [-0.2, -0.15) is 15.0 Å². The molecule has 82 valence electrons. The highest BCUT2D eigenvalue weighted by Crippen LogP contribution is 2.12. The van der Waals surface area contributed by atoms with Gasteiger partial charge in [0.1, 0.15) is 0 Å². The molecule has 2 rings (SSSR count). The maximum Gasteiger partial charge on any atom is 0.227 e. The first-order valence-corrected chi connectivity index (χ1v) is 4.81. The fourth-order valence-electron chi connectivity index (χ4n) is 1.23. The molecule has 0 aromatic carbocycles. The summed E-state index contributed by atoms with van der Waals surface area (Å²) in [5.74, 6) is 0.147. The van der Waals surface area contributed by atoms with Crippen molar-refractivity contribution in [3.8, 4) is 11.4 Å². The van der Waals surface area contributed by atoms with E-state index in [0.717, 1.165) is 5.69 Å². The second-order valence-electron chi connectivity index (χ2n) is 3.18. The van der Waals surface area contributed by atoms with Gasteiger partial charge >= 0.3 is 0 Å². The van der Waals surface area contributed by atoms with Gasteiger partial charge in [-0.05, 0) is 18.5 Å². The van der Waals surface area contributed by atoms with Crippen molar-refractivity contribution in [2.75, 3.05) is 5.73 Å². The minimum atomic E-state index is -0.196. The number of hydrogen-bond acceptors (Lipinski definition) is 5. The lowest BCUT2D eigenvalue weighted by Crippen LogP contribution is -2.09. The number of halogens is 1. The number of nitrogens with zero attached hydrogens (tertiary/aromatic N) is 3. The molecule has 6 nitrogen and oxygen atoms in total. The molecule has 0 amide bonds. The molecule has 0 aliphatic heterocycles. The van der Waals surface area contributed by atoms with Gasteiger partial charge in [0.15, 0.2) is 11.3 Å². The summed E-state index contributed by atoms with van der Waals surface area (Å²) in [7, 11) is 0. The standard InChI is InChI=1S/C9H8ClN5O/c1-4-2-6(16)5(3-12-4)7-13-8(10)15-9(11)14-7/h2-3H,1H3,(H,12,16)(H2,11,13,14,15). The van der Waals surface area contributed by atoms with Crippen molar-refractivity contribution >= 4 is 17.5 Å². The molecule has 0 unspecified atom stereocenters. The van der Waals surface area contributed by atoms with Crippen LogP contribution in [0.25, 0.3) is 11.4 Å². The first-order chi connectivity index (χ1) is 7.56. The number of H-pyrrole nitrogens is 1. The average molecular weight is 238 g/mol. The largest absolute Gasteiger partial charge is 0.368 e. The van der Waals surface area contributed by atoms with E-state index in [1.165, 1.54) is 12.3 Å². The zero-order chi connectivity index (χ0) is 11.7. The number of pyridine rings is 1. The number of rotatable bonds is 1. The van der Waals surface area contributed by atoms with E-state index in [1.807, 2.05) is 0 Å². The molecule has 0 saturated heterocycles. The molecule has 0 spiro atoms. The van der Waals surface area contributed by atoms with E-state index in [4.69, 9.17) is 17.3 Å². The number of nitrogens with two attached hydrogens (primary N) is 1. The molecule has 0 aliphatic rings. The van der Waals surface area contributed by atoms with Gasteiger partial charge in [0.25, 0.3) is 0 Å². The molecule has 16 heavy (non-hydrogen) atoms. The summed E-state index contributed by atoms with van der Waals surface area (Å²) in [6, 6.07) is 1.45. The van der Waals surface area contributed by atoms with Gasteiger partial charge in [0, 0.05) is 18.0 Å². The summed E-state index contributed by atoms with van der Waals surface area (Å²) in [5, 5.41) is -0.0394. The topological polar surface area (TPSA) is 97.6 Å². The molecular weight excluding hydrogens is 230 g/mol. The third-order valence-corrected chi connectivity index (χ3v) is 2.09. The van der Waals surface area contributed by atoms with E-state index >= 15 is 0 Å². The van der Waals surface area contributed by atoms with Crippen LogP contribution in [0.3, 0.4) is 0 Å². The monoisotopic (exact) mass is 237 g/mol. The van der Waals surface area contributed by atoms with Gasteiger partial charge in [-0.15, -0.1) is 0 Å². The molecule has 2 aromatic rings. The molecule has 0 aliphatic carbocycles. The van der Waals surface area contributed by atoms with Crippen molar-refractivity contribution < 1.29 is 0 Å². The number of anilines is 1.